The highest BCUT2D eigenvalue weighted by molar-refractivity contribution is 7.89. The van der Waals surface area contributed by atoms with Crippen LogP contribution in [0.3, 0.4) is 0 Å². The molecule has 0 saturated heterocycles. The lowest BCUT2D eigenvalue weighted by atomic mass is 10.2. The van der Waals surface area contributed by atoms with E-state index in [0.29, 0.717) is 5.56 Å². The van der Waals surface area contributed by atoms with Gasteiger partial charge in [-0.05, 0) is 42.5 Å². The number of hydrogen-bond donors (Lipinski definition) is 1. The largest absolute Gasteiger partial charge is 0.241 e. The molecule has 1 N–H and O–H groups in total. The molecular formula is C15H11F2NO2S. The summed E-state index contributed by atoms with van der Waals surface area (Å²) in [6, 6.07) is 10.2. The number of rotatable bonds is 3. The van der Waals surface area contributed by atoms with Crippen molar-refractivity contribution < 1.29 is 17.2 Å². The molecule has 0 aliphatic carbocycles. The predicted octanol–water partition coefficient (Wildman–Crippen LogP) is 2.29. The Labute approximate surface area is 121 Å². The fourth-order valence-corrected chi connectivity index (χ4v) is 2.48. The van der Waals surface area contributed by atoms with E-state index in [1.165, 1.54) is 36.4 Å². The Morgan fingerprint density at radius 3 is 2.38 bits per heavy atom. The van der Waals surface area contributed by atoms with E-state index < -0.39 is 15.8 Å². The molecule has 6 heteroatoms. The summed E-state index contributed by atoms with van der Waals surface area (Å²) < 4.78 is 51.6. The molecule has 0 spiro atoms. The molecule has 0 atom stereocenters. The molecule has 2 aromatic rings. The highest BCUT2D eigenvalue weighted by Crippen LogP contribution is 2.09. The van der Waals surface area contributed by atoms with Gasteiger partial charge in [0.15, 0.2) is 0 Å². The van der Waals surface area contributed by atoms with Crippen LogP contribution < -0.4 is 4.72 Å². The van der Waals surface area contributed by atoms with Gasteiger partial charge in [-0.25, -0.2) is 17.2 Å². The van der Waals surface area contributed by atoms with Gasteiger partial charge in [0.05, 0.1) is 11.4 Å². The van der Waals surface area contributed by atoms with Crippen molar-refractivity contribution in [3.05, 3.63) is 65.7 Å². The molecule has 0 saturated carbocycles. The summed E-state index contributed by atoms with van der Waals surface area (Å²) >= 11 is 0. The van der Waals surface area contributed by atoms with Gasteiger partial charge in [0.2, 0.25) is 10.0 Å². The van der Waals surface area contributed by atoms with Gasteiger partial charge in [0, 0.05) is 5.56 Å². The van der Waals surface area contributed by atoms with Crippen molar-refractivity contribution in [1.82, 2.24) is 4.72 Å². The minimum atomic E-state index is -3.80. The molecule has 0 aliphatic heterocycles. The Morgan fingerprint density at radius 1 is 1.00 bits per heavy atom. The van der Waals surface area contributed by atoms with Gasteiger partial charge in [-0.2, -0.15) is 4.72 Å². The fourth-order valence-electron chi connectivity index (χ4n) is 1.53. The molecule has 0 amide bonds. The van der Waals surface area contributed by atoms with Gasteiger partial charge in [-0.1, -0.05) is 17.9 Å². The van der Waals surface area contributed by atoms with Gasteiger partial charge >= 0.3 is 0 Å². The van der Waals surface area contributed by atoms with Crippen molar-refractivity contribution in [3.63, 3.8) is 0 Å². The van der Waals surface area contributed by atoms with Crippen LogP contribution in [0.5, 0.6) is 0 Å². The first-order chi connectivity index (χ1) is 9.97. The summed E-state index contributed by atoms with van der Waals surface area (Å²) in [5.74, 6) is 4.30. The van der Waals surface area contributed by atoms with E-state index >= 15 is 0 Å². The second kappa shape index (κ2) is 6.48. The summed E-state index contributed by atoms with van der Waals surface area (Å²) in [6.07, 6.45) is 0. The van der Waals surface area contributed by atoms with E-state index in [2.05, 4.69) is 16.6 Å². The average molecular weight is 307 g/mol. The van der Waals surface area contributed by atoms with E-state index in [1.807, 2.05) is 0 Å². The zero-order valence-electron chi connectivity index (χ0n) is 10.8. The Bertz CT molecular complexity index is 790. The molecule has 2 aromatic carbocycles. The summed E-state index contributed by atoms with van der Waals surface area (Å²) in [5.41, 5.74) is 0.571. The fraction of sp³-hybridized carbons (Fsp3) is 0.0667. The van der Waals surface area contributed by atoms with Gasteiger partial charge in [-0.15, -0.1) is 0 Å². The zero-order chi connectivity index (χ0) is 15.3. The van der Waals surface area contributed by atoms with Crippen molar-refractivity contribution in [2.75, 3.05) is 6.54 Å². The quantitative estimate of drug-likeness (QED) is 0.885. The lowest BCUT2D eigenvalue weighted by molar-refractivity contribution is 0.582. The highest BCUT2D eigenvalue weighted by Gasteiger charge is 2.12. The zero-order valence-corrected chi connectivity index (χ0v) is 11.6. The van der Waals surface area contributed by atoms with E-state index in [1.54, 1.807) is 0 Å². The Morgan fingerprint density at radius 2 is 1.71 bits per heavy atom. The minimum Gasteiger partial charge on any atom is -0.207 e. The van der Waals surface area contributed by atoms with Crippen molar-refractivity contribution >= 4 is 10.0 Å². The molecule has 0 bridgehead atoms. The average Bonchev–Trinajstić information content (AvgIpc) is 2.45. The van der Waals surface area contributed by atoms with Crippen LogP contribution in [-0.2, 0) is 10.0 Å². The third-order valence-corrected chi connectivity index (χ3v) is 3.93. The normalized spacial score (nSPS) is 10.8. The number of benzene rings is 2. The van der Waals surface area contributed by atoms with Crippen molar-refractivity contribution in [2.45, 2.75) is 4.90 Å². The molecule has 0 radical (unpaired) electrons. The SMILES string of the molecule is O=S(=O)(NCC#Cc1ccc(F)cc1)c1cccc(F)c1. The van der Waals surface area contributed by atoms with E-state index in [0.717, 1.165) is 12.1 Å². The summed E-state index contributed by atoms with van der Waals surface area (Å²) in [7, 11) is -3.80. The molecule has 21 heavy (non-hydrogen) atoms. The van der Waals surface area contributed by atoms with Gasteiger partial charge < -0.3 is 0 Å². The van der Waals surface area contributed by atoms with Crippen molar-refractivity contribution in [3.8, 4) is 11.8 Å². The lowest BCUT2D eigenvalue weighted by Crippen LogP contribution is -2.24. The number of nitrogens with one attached hydrogen (secondary N) is 1. The van der Waals surface area contributed by atoms with Crippen LogP contribution in [0.4, 0.5) is 8.78 Å². The van der Waals surface area contributed by atoms with Crippen LogP contribution >= 0.6 is 0 Å². The number of halogens is 2. The van der Waals surface area contributed by atoms with Gasteiger partial charge in [0.1, 0.15) is 11.6 Å². The van der Waals surface area contributed by atoms with Crippen LogP contribution in [0.1, 0.15) is 5.56 Å². The molecular weight excluding hydrogens is 296 g/mol. The second-order valence-corrected chi connectivity index (χ2v) is 5.86. The van der Waals surface area contributed by atoms with E-state index in [-0.39, 0.29) is 17.3 Å². The maximum Gasteiger partial charge on any atom is 0.241 e. The van der Waals surface area contributed by atoms with Crippen molar-refractivity contribution in [2.24, 2.45) is 0 Å². The second-order valence-electron chi connectivity index (χ2n) is 4.09. The van der Waals surface area contributed by atoms with Crippen LogP contribution in [0.2, 0.25) is 0 Å². The van der Waals surface area contributed by atoms with Crippen LogP contribution in [0.15, 0.2) is 53.4 Å². The van der Waals surface area contributed by atoms with E-state index in [4.69, 9.17) is 0 Å². The van der Waals surface area contributed by atoms with Crippen LogP contribution in [0.25, 0.3) is 0 Å². The van der Waals surface area contributed by atoms with Crippen LogP contribution in [-0.4, -0.2) is 15.0 Å². The minimum absolute atomic E-state index is 0.129. The highest BCUT2D eigenvalue weighted by atomic mass is 32.2. The lowest BCUT2D eigenvalue weighted by Gasteiger charge is -2.03. The van der Waals surface area contributed by atoms with Gasteiger partial charge in [-0.3, -0.25) is 0 Å². The molecule has 2 rings (SSSR count). The monoisotopic (exact) mass is 307 g/mol. The third kappa shape index (κ3) is 4.38. The number of sulfonamides is 1. The molecule has 3 nitrogen and oxygen atoms in total. The Hall–Kier alpha value is -2.23. The molecule has 108 valence electrons. The maximum atomic E-state index is 13.0. The van der Waals surface area contributed by atoms with Crippen LogP contribution in [0, 0.1) is 23.5 Å². The smallest absolute Gasteiger partial charge is 0.207 e. The third-order valence-electron chi connectivity index (χ3n) is 2.53. The maximum absolute atomic E-state index is 13.0. The topological polar surface area (TPSA) is 46.2 Å². The Balaban J connectivity index is 2.02. The summed E-state index contributed by atoms with van der Waals surface area (Å²) in [6.45, 7) is -0.129. The van der Waals surface area contributed by atoms with Gasteiger partial charge in [0.25, 0.3) is 0 Å². The molecule has 0 fully saturated rings. The standard InChI is InChI=1S/C15H11F2NO2S/c16-13-8-6-12(7-9-13)3-2-10-18-21(19,20)15-5-1-4-14(17)11-15/h1,4-9,11,18H,10H2. The molecule has 0 aliphatic rings. The first-order valence-electron chi connectivity index (χ1n) is 5.97. The van der Waals surface area contributed by atoms with E-state index in [9.17, 15) is 17.2 Å². The molecule has 0 unspecified atom stereocenters. The molecule has 0 heterocycles. The molecule has 0 aromatic heterocycles. The first-order valence-corrected chi connectivity index (χ1v) is 7.45. The van der Waals surface area contributed by atoms with Crippen molar-refractivity contribution in [1.29, 1.82) is 0 Å². The first kappa shape index (κ1) is 15.2. The number of hydrogen-bond acceptors (Lipinski definition) is 2. The summed E-state index contributed by atoms with van der Waals surface area (Å²) in [4.78, 5) is -0.161. The summed E-state index contributed by atoms with van der Waals surface area (Å²) in [5, 5.41) is 0. The Kier molecular flexibility index (Phi) is 4.68. The predicted molar refractivity (Wildman–Crippen MR) is 74.9 cm³/mol.